The van der Waals surface area contributed by atoms with Crippen LogP contribution in [0.25, 0.3) is 0 Å². The van der Waals surface area contributed by atoms with E-state index >= 15 is 0 Å². The van der Waals surface area contributed by atoms with Gasteiger partial charge in [0.1, 0.15) is 5.56 Å². The molecule has 0 aromatic carbocycles. The van der Waals surface area contributed by atoms with Gasteiger partial charge in [-0.1, -0.05) is 20.8 Å². The number of nitrogens with zero attached hydrogens (tertiary/aromatic N) is 3. The van der Waals surface area contributed by atoms with Crippen LogP contribution in [0, 0.1) is 16.7 Å². The molecule has 0 radical (unpaired) electrons. The number of rotatable bonds is 2. The predicted octanol–water partition coefficient (Wildman–Crippen LogP) is 1.42. The van der Waals surface area contributed by atoms with Crippen LogP contribution in [-0.2, 0) is 14.1 Å². The monoisotopic (exact) mass is 319 g/mol. The van der Waals surface area contributed by atoms with Crippen molar-refractivity contribution in [2.75, 3.05) is 0 Å². The Morgan fingerprint density at radius 1 is 1.22 bits per heavy atom. The van der Waals surface area contributed by atoms with Gasteiger partial charge in [-0.2, -0.15) is 0 Å². The smallest absolute Gasteiger partial charge is 0.333 e. The van der Waals surface area contributed by atoms with Gasteiger partial charge >= 0.3 is 5.69 Å². The molecule has 2 aliphatic rings. The van der Waals surface area contributed by atoms with E-state index in [1.165, 1.54) is 26.7 Å². The first-order valence-corrected chi connectivity index (χ1v) is 8.13. The summed E-state index contributed by atoms with van der Waals surface area (Å²) in [4.78, 5) is 28.7. The van der Waals surface area contributed by atoms with E-state index in [-0.39, 0.29) is 28.3 Å². The summed E-state index contributed by atoms with van der Waals surface area (Å²) in [5, 5.41) is 10.1. The molecule has 2 bridgehead atoms. The van der Waals surface area contributed by atoms with Crippen molar-refractivity contribution in [2.45, 2.75) is 46.1 Å². The molecule has 0 aliphatic heterocycles. The third-order valence-corrected chi connectivity index (χ3v) is 6.80. The lowest BCUT2D eigenvalue weighted by Crippen LogP contribution is -2.39. The number of aliphatic imine (C=N–C) groups is 1. The lowest BCUT2D eigenvalue weighted by Gasteiger charge is -2.37. The van der Waals surface area contributed by atoms with Gasteiger partial charge in [0.05, 0.1) is 6.04 Å². The first-order valence-electron chi connectivity index (χ1n) is 8.13. The maximum atomic E-state index is 12.2. The molecule has 0 amide bonds. The summed E-state index contributed by atoms with van der Waals surface area (Å²) in [6.07, 6.45) is 4.86. The molecule has 3 unspecified atom stereocenters. The molecule has 6 heteroatoms. The van der Waals surface area contributed by atoms with Crippen molar-refractivity contribution in [3.05, 3.63) is 26.4 Å². The second-order valence-corrected chi connectivity index (χ2v) is 7.85. The summed E-state index contributed by atoms with van der Waals surface area (Å²) in [6.45, 7) is 6.90. The van der Waals surface area contributed by atoms with E-state index in [1.807, 2.05) is 0 Å². The van der Waals surface area contributed by atoms with Crippen molar-refractivity contribution in [3.8, 4) is 5.88 Å². The summed E-state index contributed by atoms with van der Waals surface area (Å²) < 4.78 is 2.06. The average Bonchev–Trinajstić information content (AvgIpc) is 2.84. The fourth-order valence-corrected chi connectivity index (χ4v) is 4.52. The van der Waals surface area contributed by atoms with Crippen molar-refractivity contribution >= 4 is 6.21 Å². The van der Waals surface area contributed by atoms with Crippen LogP contribution in [0.3, 0.4) is 0 Å². The minimum Gasteiger partial charge on any atom is -0.494 e. The Morgan fingerprint density at radius 2 is 1.87 bits per heavy atom. The van der Waals surface area contributed by atoms with Gasteiger partial charge in [0, 0.05) is 20.3 Å². The molecule has 0 spiro atoms. The molecule has 2 fully saturated rings. The summed E-state index contributed by atoms with van der Waals surface area (Å²) in [5.74, 6) is 0.334. The Morgan fingerprint density at radius 3 is 2.39 bits per heavy atom. The standard InChI is InChI=1S/C17H25N3O3/c1-16(2)10-6-7-17(16,3)12(8-10)18-9-11-13(21)19(4)15(23)20(5)14(11)22/h9-10,12,21H,6-8H2,1-5H3. The van der Waals surface area contributed by atoms with Crippen molar-refractivity contribution in [3.63, 3.8) is 0 Å². The fraction of sp³-hybridized carbons (Fsp3) is 0.706. The Hall–Kier alpha value is -1.85. The Balaban J connectivity index is 2.01. The molecule has 2 aliphatic carbocycles. The minimum absolute atomic E-state index is 0.0822. The molecule has 3 rings (SSSR count). The average molecular weight is 319 g/mol. The van der Waals surface area contributed by atoms with Crippen LogP contribution in [0.5, 0.6) is 5.88 Å². The summed E-state index contributed by atoms with van der Waals surface area (Å²) in [7, 11) is 2.85. The second-order valence-electron chi connectivity index (χ2n) is 7.85. The number of hydrogen-bond acceptors (Lipinski definition) is 4. The van der Waals surface area contributed by atoms with Gasteiger partial charge in [0.25, 0.3) is 5.56 Å². The molecule has 1 N–H and O–H groups in total. The quantitative estimate of drug-likeness (QED) is 0.838. The van der Waals surface area contributed by atoms with Crippen molar-refractivity contribution < 1.29 is 5.11 Å². The highest BCUT2D eigenvalue weighted by Crippen LogP contribution is 2.66. The third-order valence-electron chi connectivity index (χ3n) is 6.80. The Bertz CT molecular complexity index is 803. The number of fused-ring (bicyclic) bond motifs is 2. The van der Waals surface area contributed by atoms with E-state index < -0.39 is 11.2 Å². The van der Waals surface area contributed by atoms with Gasteiger partial charge in [-0.15, -0.1) is 0 Å². The van der Waals surface area contributed by atoms with Crippen LogP contribution in [0.4, 0.5) is 0 Å². The van der Waals surface area contributed by atoms with Crippen LogP contribution in [0.2, 0.25) is 0 Å². The molecule has 6 nitrogen and oxygen atoms in total. The summed E-state index contributed by atoms with van der Waals surface area (Å²) in [5.41, 5.74) is -0.611. The van der Waals surface area contributed by atoms with Crippen LogP contribution >= 0.6 is 0 Å². The zero-order valence-corrected chi connectivity index (χ0v) is 14.5. The number of aromatic hydroxyl groups is 1. The second kappa shape index (κ2) is 4.82. The molecule has 0 saturated heterocycles. The third kappa shape index (κ3) is 1.96. The zero-order chi connectivity index (χ0) is 17.2. The highest BCUT2D eigenvalue weighted by atomic mass is 16.3. The van der Waals surface area contributed by atoms with Crippen LogP contribution < -0.4 is 11.2 Å². The minimum atomic E-state index is -0.544. The van der Waals surface area contributed by atoms with Crippen LogP contribution in [0.15, 0.2) is 14.6 Å². The largest absolute Gasteiger partial charge is 0.494 e. The molecule has 1 aromatic rings. The lowest BCUT2D eigenvalue weighted by atomic mass is 9.69. The van der Waals surface area contributed by atoms with Crippen molar-refractivity contribution in [1.29, 1.82) is 0 Å². The fourth-order valence-electron chi connectivity index (χ4n) is 4.52. The molecule has 1 aromatic heterocycles. The van der Waals surface area contributed by atoms with E-state index in [1.54, 1.807) is 0 Å². The molecule has 3 atom stereocenters. The van der Waals surface area contributed by atoms with Crippen LogP contribution in [-0.4, -0.2) is 26.5 Å². The van der Waals surface area contributed by atoms with E-state index in [9.17, 15) is 14.7 Å². The van der Waals surface area contributed by atoms with Gasteiger partial charge in [-0.25, -0.2) is 4.79 Å². The van der Waals surface area contributed by atoms with E-state index in [0.29, 0.717) is 5.92 Å². The molecule has 2 saturated carbocycles. The van der Waals surface area contributed by atoms with E-state index in [0.717, 1.165) is 22.0 Å². The Labute approximate surface area is 135 Å². The first-order chi connectivity index (χ1) is 10.6. The highest BCUT2D eigenvalue weighted by Gasteiger charge is 2.61. The lowest BCUT2D eigenvalue weighted by molar-refractivity contribution is 0.137. The SMILES string of the molecule is Cn1c(O)c(C=NC2CC3CCC2(C)C3(C)C)c(=O)n(C)c1=O. The molecular formula is C17H25N3O3. The maximum absolute atomic E-state index is 12.2. The van der Waals surface area contributed by atoms with Gasteiger partial charge in [-0.3, -0.25) is 18.9 Å². The normalized spacial score (nSPS) is 32.0. The van der Waals surface area contributed by atoms with Gasteiger partial charge in [0.15, 0.2) is 0 Å². The van der Waals surface area contributed by atoms with E-state index in [2.05, 4.69) is 25.8 Å². The van der Waals surface area contributed by atoms with Crippen molar-refractivity contribution in [2.24, 2.45) is 35.8 Å². The van der Waals surface area contributed by atoms with Gasteiger partial charge < -0.3 is 5.11 Å². The number of aromatic nitrogens is 2. The van der Waals surface area contributed by atoms with Crippen molar-refractivity contribution in [1.82, 2.24) is 9.13 Å². The zero-order valence-electron chi connectivity index (χ0n) is 14.5. The predicted molar refractivity (Wildman–Crippen MR) is 89.2 cm³/mol. The molecule has 23 heavy (non-hydrogen) atoms. The summed E-state index contributed by atoms with van der Waals surface area (Å²) >= 11 is 0. The Kier molecular flexibility index (Phi) is 3.36. The molecule has 1 heterocycles. The number of hydrogen-bond donors (Lipinski definition) is 1. The topological polar surface area (TPSA) is 76.6 Å². The summed E-state index contributed by atoms with van der Waals surface area (Å²) in [6, 6.07) is 0.151. The molecular weight excluding hydrogens is 294 g/mol. The van der Waals surface area contributed by atoms with Gasteiger partial charge in [0.2, 0.25) is 5.88 Å². The highest BCUT2D eigenvalue weighted by molar-refractivity contribution is 5.82. The van der Waals surface area contributed by atoms with Crippen LogP contribution in [0.1, 0.15) is 45.6 Å². The van der Waals surface area contributed by atoms with Gasteiger partial charge in [-0.05, 0) is 36.0 Å². The maximum Gasteiger partial charge on any atom is 0.333 e. The first kappa shape index (κ1) is 16.0. The van der Waals surface area contributed by atoms with E-state index in [4.69, 9.17) is 0 Å². The molecule has 126 valence electrons.